The maximum Gasteiger partial charge on any atom is 0.255 e. The third-order valence-electron chi connectivity index (χ3n) is 9.39. The SMILES string of the molecule is Cc1cc2cc(c1NC(=O)[C@H](CCN)NC(=O)c1c(C)nc(-c3ccc([Si](C)(C)C)cc3)nc1C)-c1cccc(c1)CC(=O)NCC(=O)NC(C(N)=O)C2. The van der Waals surface area contributed by atoms with Crippen molar-refractivity contribution in [2.45, 2.75) is 71.8 Å². The summed E-state index contributed by atoms with van der Waals surface area (Å²) in [7, 11) is -1.48. The highest BCUT2D eigenvalue weighted by Gasteiger charge is 2.27. The second-order valence-electron chi connectivity index (χ2n) is 14.7. The van der Waals surface area contributed by atoms with Gasteiger partial charge in [-0.2, -0.15) is 0 Å². The maximum atomic E-state index is 14.0. The Kier molecular flexibility index (Phi) is 12.1. The lowest BCUT2D eigenvalue weighted by Gasteiger charge is -2.23. The van der Waals surface area contributed by atoms with Crippen molar-refractivity contribution in [2.24, 2.45) is 11.5 Å². The van der Waals surface area contributed by atoms with Gasteiger partial charge in [-0.3, -0.25) is 24.0 Å². The smallest absolute Gasteiger partial charge is 0.255 e. The van der Waals surface area contributed by atoms with E-state index in [1.54, 1.807) is 32.0 Å². The number of aryl methyl sites for hydroxylation is 3. The average Bonchev–Trinajstić information content (AvgIpc) is 3.10. The third-order valence-corrected chi connectivity index (χ3v) is 11.5. The Morgan fingerprint density at radius 2 is 1.59 bits per heavy atom. The Morgan fingerprint density at radius 1 is 0.907 bits per heavy atom. The van der Waals surface area contributed by atoms with Crippen LogP contribution < -0.4 is 37.9 Å². The Balaban J connectivity index is 1.45. The zero-order valence-electron chi connectivity index (χ0n) is 31.6. The zero-order valence-corrected chi connectivity index (χ0v) is 32.6. The molecule has 1 aliphatic rings. The van der Waals surface area contributed by atoms with E-state index in [-0.39, 0.29) is 43.8 Å². The lowest BCUT2D eigenvalue weighted by molar-refractivity contribution is -0.128. The summed E-state index contributed by atoms with van der Waals surface area (Å²) in [6.07, 6.45) is 0.223. The first kappa shape index (κ1) is 39.5. The van der Waals surface area contributed by atoms with Crippen molar-refractivity contribution in [1.82, 2.24) is 25.9 Å². The van der Waals surface area contributed by atoms with Gasteiger partial charge in [0.15, 0.2) is 5.82 Å². The van der Waals surface area contributed by atoms with Crippen LogP contribution >= 0.6 is 0 Å². The number of amides is 5. The molecule has 8 N–H and O–H groups in total. The molecule has 0 saturated heterocycles. The van der Waals surface area contributed by atoms with Crippen molar-refractivity contribution < 1.29 is 24.0 Å². The minimum atomic E-state index is -1.48. The fourth-order valence-electron chi connectivity index (χ4n) is 6.52. The van der Waals surface area contributed by atoms with Crippen molar-refractivity contribution in [3.63, 3.8) is 0 Å². The third kappa shape index (κ3) is 9.43. The Bertz CT molecular complexity index is 2090. The standard InChI is InChI=1S/C40H48N8O5Si/c1-22-16-26-18-30(28-9-7-8-25(17-28)20-33(49)43-21-34(50)46-32(19-26)37(42)51)36(22)48-39(52)31(14-15-41)47-40(53)35-23(2)44-38(45-24(35)3)27-10-12-29(13-11-27)54(4,5)6/h7-13,16-18,31-32H,14-15,19-21,41H2,1-6H3,(H2,42,51)(H,43,49)(H,46,50)(H,47,53)(H,48,52)/t31-,32?/m0/s1. The van der Waals surface area contributed by atoms with Gasteiger partial charge in [0.05, 0.1) is 43.7 Å². The van der Waals surface area contributed by atoms with Crippen LogP contribution in [0.15, 0.2) is 60.7 Å². The van der Waals surface area contributed by atoms with Gasteiger partial charge in [-0.25, -0.2) is 9.97 Å². The van der Waals surface area contributed by atoms with E-state index in [4.69, 9.17) is 11.5 Å². The first-order chi connectivity index (χ1) is 25.5. The first-order valence-electron chi connectivity index (χ1n) is 17.9. The van der Waals surface area contributed by atoms with E-state index in [0.717, 1.165) is 5.56 Å². The second-order valence-corrected chi connectivity index (χ2v) is 19.8. The molecule has 3 aromatic carbocycles. The molecule has 0 saturated carbocycles. The summed E-state index contributed by atoms with van der Waals surface area (Å²) in [5.74, 6) is -2.14. The van der Waals surface area contributed by atoms with Crippen LogP contribution in [0.1, 0.15) is 44.9 Å². The number of nitrogens with two attached hydrogens (primary N) is 2. The number of carbonyl (C=O) groups is 5. The molecule has 0 aliphatic carbocycles. The molecule has 282 valence electrons. The molecule has 1 aliphatic heterocycles. The van der Waals surface area contributed by atoms with Gasteiger partial charge in [-0.15, -0.1) is 0 Å². The molecule has 1 unspecified atom stereocenters. The van der Waals surface area contributed by atoms with Crippen LogP contribution in [-0.2, 0) is 32.0 Å². The van der Waals surface area contributed by atoms with Crippen LogP contribution in [-0.4, -0.2) is 72.8 Å². The van der Waals surface area contributed by atoms with Crippen molar-refractivity contribution in [3.8, 4) is 22.5 Å². The number of fused-ring (bicyclic) bond motifs is 5. The van der Waals surface area contributed by atoms with Crippen molar-refractivity contribution in [2.75, 3.05) is 18.4 Å². The zero-order chi connectivity index (χ0) is 39.3. The molecular formula is C40H48N8O5Si. The molecule has 1 aromatic heterocycles. The van der Waals surface area contributed by atoms with E-state index in [0.29, 0.717) is 50.7 Å². The largest absolute Gasteiger partial charge is 0.368 e. The van der Waals surface area contributed by atoms with E-state index in [9.17, 15) is 24.0 Å². The predicted molar refractivity (Wildman–Crippen MR) is 212 cm³/mol. The maximum absolute atomic E-state index is 14.0. The van der Waals surface area contributed by atoms with Crippen LogP contribution in [0.5, 0.6) is 0 Å². The van der Waals surface area contributed by atoms with Gasteiger partial charge in [0.1, 0.15) is 12.1 Å². The van der Waals surface area contributed by atoms with E-state index in [2.05, 4.69) is 63.0 Å². The van der Waals surface area contributed by atoms with Gasteiger partial charge in [0.2, 0.25) is 23.6 Å². The molecule has 0 radical (unpaired) electrons. The summed E-state index contributed by atoms with van der Waals surface area (Å²) in [6, 6.07) is 17.1. The van der Waals surface area contributed by atoms with Crippen LogP contribution in [0.4, 0.5) is 5.69 Å². The number of nitrogens with zero attached hydrogens (tertiary/aromatic N) is 2. The van der Waals surface area contributed by atoms with Gasteiger partial charge in [-0.05, 0) is 62.1 Å². The number of aromatic nitrogens is 2. The summed E-state index contributed by atoms with van der Waals surface area (Å²) >= 11 is 0. The molecule has 0 spiro atoms. The summed E-state index contributed by atoms with van der Waals surface area (Å²) in [6.45, 7) is 12.0. The Morgan fingerprint density at radius 3 is 2.22 bits per heavy atom. The van der Waals surface area contributed by atoms with E-state index < -0.39 is 43.8 Å². The summed E-state index contributed by atoms with van der Waals surface area (Å²) in [5, 5.41) is 12.4. The molecule has 2 atom stereocenters. The lowest BCUT2D eigenvalue weighted by atomic mass is 9.93. The highest BCUT2D eigenvalue weighted by molar-refractivity contribution is 6.88. The average molecular weight is 749 g/mol. The Labute approximate surface area is 316 Å². The number of benzene rings is 3. The van der Waals surface area contributed by atoms with E-state index in [1.807, 2.05) is 37.3 Å². The van der Waals surface area contributed by atoms with Crippen molar-refractivity contribution >= 4 is 48.5 Å². The Hall–Kier alpha value is -5.73. The molecule has 4 bridgehead atoms. The highest BCUT2D eigenvalue weighted by Crippen LogP contribution is 2.34. The first-order valence-corrected chi connectivity index (χ1v) is 21.4. The molecule has 0 fully saturated rings. The van der Waals surface area contributed by atoms with E-state index >= 15 is 0 Å². The number of hydrogen-bond donors (Lipinski definition) is 6. The number of carbonyl (C=O) groups excluding carboxylic acids is 5. The van der Waals surface area contributed by atoms with E-state index in [1.165, 1.54) is 5.19 Å². The normalized spacial score (nSPS) is 15.3. The fraction of sp³-hybridized carbons (Fsp3) is 0.325. The number of rotatable bonds is 9. The number of anilines is 1. The van der Waals surface area contributed by atoms with Crippen molar-refractivity contribution in [3.05, 3.63) is 94.3 Å². The lowest BCUT2D eigenvalue weighted by Crippen LogP contribution is -2.49. The number of primary amides is 1. The molecule has 13 nitrogen and oxygen atoms in total. The van der Waals surface area contributed by atoms with Gasteiger partial charge in [-0.1, -0.05) is 79.4 Å². The highest BCUT2D eigenvalue weighted by atomic mass is 28.3. The quantitative estimate of drug-likeness (QED) is 0.140. The molecule has 5 rings (SSSR count). The topological polar surface area (TPSA) is 211 Å². The van der Waals surface area contributed by atoms with Gasteiger partial charge >= 0.3 is 0 Å². The van der Waals surface area contributed by atoms with Gasteiger partial charge in [0, 0.05) is 17.5 Å². The summed E-state index contributed by atoms with van der Waals surface area (Å²) < 4.78 is 0. The fourth-order valence-corrected chi connectivity index (χ4v) is 7.69. The van der Waals surface area contributed by atoms with Crippen LogP contribution in [0.25, 0.3) is 22.5 Å². The molecule has 2 heterocycles. The number of hydrogen-bond acceptors (Lipinski definition) is 8. The van der Waals surface area contributed by atoms with Crippen LogP contribution in [0.3, 0.4) is 0 Å². The minimum absolute atomic E-state index is 0.000251. The monoisotopic (exact) mass is 748 g/mol. The van der Waals surface area contributed by atoms with Crippen LogP contribution in [0, 0.1) is 20.8 Å². The number of nitrogens with one attached hydrogen (secondary N) is 4. The predicted octanol–water partition coefficient (Wildman–Crippen LogP) is 2.55. The van der Waals surface area contributed by atoms with Gasteiger partial charge in [0.25, 0.3) is 5.91 Å². The second kappa shape index (κ2) is 16.5. The molecule has 4 aromatic rings. The molecule has 14 heteroatoms. The molecular weight excluding hydrogens is 701 g/mol. The van der Waals surface area contributed by atoms with Crippen molar-refractivity contribution in [1.29, 1.82) is 0 Å². The summed E-state index contributed by atoms with van der Waals surface area (Å²) in [4.78, 5) is 74.7. The summed E-state index contributed by atoms with van der Waals surface area (Å²) in [5.41, 5.74) is 17.5. The van der Waals surface area contributed by atoms with Crippen LogP contribution in [0.2, 0.25) is 19.6 Å². The molecule has 5 amide bonds. The minimum Gasteiger partial charge on any atom is -0.368 e. The molecule has 54 heavy (non-hydrogen) atoms. The van der Waals surface area contributed by atoms with Gasteiger partial charge < -0.3 is 32.7 Å².